The zero-order valence-corrected chi connectivity index (χ0v) is 19.9. The minimum Gasteiger partial charge on any atom is -0.343 e. The number of H-pyrrole nitrogens is 1. The first-order valence-corrected chi connectivity index (χ1v) is 11.6. The van der Waals surface area contributed by atoms with Crippen LogP contribution in [0.5, 0.6) is 0 Å². The topological polar surface area (TPSA) is 106 Å². The van der Waals surface area contributed by atoms with Gasteiger partial charge in [0.15, 0.2) is 0 Å². The summed E-state index contributed by atoms with van der Waals surface area (Å²) in [7, 11) is 0. The quantitative estimate of drug-likeness (QED) is 0.409. The SMILES string of the molecule is C/C(=C\c1ccc2nccc(C(=O)NCC(=O)N3CC(F)(F)C[C@H]3C#N)c2c1)c1ccc2[nH]cc[n+]2c1. The number of alkyl halides is 2. The minimum atomic E-state index is -3.12. The molecule has 2 amide bonds. The lowest BCUT2D eigenvalue weighted by Gasteiger charge is -2.19. The summed E-state index contributed by atoms with van der Waals surface area (Å²) in [4.78, 5) is 33.7. The van der Waals surface area contributed by atoms with E-state index in [4.69, 9.17) is 5.26 Å². The number of aromatic nitrogens is 3. The van der Waals surface area contributed by atoms with E-state index < -0.39 is 43.3 Å². The predicted molar refractivity (Wildman–Crippen MR) is 132 cm³/mol. The van der Waals surface area contributed by atoms with Gasteiger partial charge >= 0.3 is 0 Å². The molecular formula is C27H23F2N6O2+. The Bertz CT molecular complexity index is 1600. The van der Waals surface area contributed by atoms with Crippen LogP contribution in [0.3, 0.4) is 0 Å². The minimum absolute atomic E-state index is 0.304. The van der Waals surface area contributed by atoms with Crippen LogP contribution in [0.1, 0.15) is 34.8 Å². The van der Waals surface area contributed by atoms with Crippen molar-refractivity contribution < 1.29 is 22.8 Å². The predicted octanol–water partition coefficient (Wildman–Crippen LogP) is 3.35. The van der Waals surface area contributed by atoms with Crippen molar-refractivity contribution in [1.29, 1.82) is 5.26 Å². The molecule has 37 heavy (non-hydrogen) atoms. The highest BCUT2D eigenvalue weighted by Gasteiger charge is 2.47. The summed E-state index contributed by atoms with van der Waals surface area (Å²) < 4.78 is 29.3. The van der Waals surface area contributed by atoms with E-state index in [0.29, 0.717) is 16.5 Å². The first kappa shape index (κ1) is 24.1. The van der Waals surface area contributed by atoms with Crippen molar-refractivity contribution in [2.75, 3.05) is 13.1 Å². The highest BCUT2D eigenvalue weighted by molar-refractivity contribution is 6.07. The molecule has 2 N–H and O–H groups in total. The molecule has 1 aliphatic heterocycles. The fraction of sp³-hybridized carbons (Fsp3) is 0.222. The van der Waals surface area contributed by atoms with Crippen molar-refractivity contribution in [1.82, 2.24) is 20.2 Å². The van der Waals surface area contributed by atoms with Gasteiger partial charge in [0, 0.05) is 29.6 Å². The summed E-state index contributed by atoms with van der Waals surface area (Å²) in [5.41, 5.74) is 4.79. The van der Waals surface area contributed by atoms with Gasteiger partial charge in [0.1, 0.15) is 24.6 Å². The molecule has 4 aromatic rings. The van der Waals surface area contributed by atoms with Gasteiger partial charge in [-0.25, -0.2) is 18.2 Å². The lowest BCUT2D eigenvalue weighted by Crippen LogP contribution is -2.43. The lowest BCUT2D eigenvalue weighted by atomic mass is 10.0. The van der Waals surface area contributed by atoms with Crippen LogP contribution >= 0.6 is 0 Å². The molecule has 0 spiro atoms. The van der Waals surface area contributed by atoms with Gasteiger partial charge < -0.3 is 10.2 Å². The Morgan fingerprint density at radius 3 is 2.97 bits per heavy atom. The van der Waals surface area contributed by atoms with Crippen LogP contribution in [0.2, 0.25) is 0 Å². The summed E-state index contributed by atoms with van der Waals surface area (Å²) in [6, 6.07) is 11.6. The number of fused-ring (bicyclic) bond motifs is 2. The van der Waals surface area contributed by atoms with Gasteiger partial charge in [0.2, 0.25) is 5.91 Å². The second kappa shape index (κ2) is 9.43. The average molecular weight is 502 g/mol. The van der Waals surface area contributed by atoms with Gasteiger partial charge in [-0.05, 0) is 42.3 Å². The van der Waals surface area contributed by atoms with Crippen molar-refractivity contribution in [2.24, 2.45) is 0 Å². The number of nitrogens with one attached hydrogen (secondary N) is 2. The van der Waals surface area contributed by atoms with Crippen LogP contribution in [-0.4, -0.2) is 51.7 Å². The number of imidazole rings is 1. The zero-order valence-electron chi connectivity index (χ0n) is 19.9. The van der Waals surface area contributed by atoms with Crippen molar-refractivity contribution in [2.45, 2.75) is 25.3 Å². The van der Waals surface area contributed by atoms with Crippen molar-refractivity contribution in [3.8, 4) is 6.07 Å². The molecule has 186 valence electrons. The number of nitrogens with zero attached hydrogens (tertiary/aromatic N) is 4. The van der Waals surface area contributed by atoms with Crippen LogP contribution in [0.4, 0.5) is 8.78 Å². The first-order valence-electron chi connectivity index (χ1n) is 11.6. The molecule has 1 fully saturated rings. The van der Waals surface area contributed by atoms with Crippen LogP contribution in [-0.2, 0) is 4.79 Å². The number of hydrogen-bond donors (Lipinski definition) is 2. The molecule has 8 nitrogen and oxygen atoms in total. The number of amides is 2. The van der Waals surface area contributed by atoms with Gasteiger partial charge in [-0.2, -0.15) is 5.26 Å². The van der Waals surface area contributed by atoms with Gasteiger partial charge in [-0.1, -0.05) is 12.1 Å². The van der Waals surface area contributed by atoms with E-state index in [1.54, 1.807) is 12.1 Å². The van der Waals surface area contributed by atoms with Gasteiger partial charge in [-0.15, -0.1) is 0 Å². The Morgan fingerprint density at radius 2 is 2.16 bits per heavy atom. The highest BCUT2D eigenvalue weighted by atomic mass is 19.3. The van der Waals surface area contributed by atoms with E-state index in [1.165, 1.54) is 6.20 Å². The summed E-state index contributed by atoms with van der Waals surface area (Å²) >= 11 is 0. The molecule has 1 aromatic carbocycles. The molecular weight excluding hydrogens is 478 g/mol. The van der Waals surface area contributed by atoms with E-state index in [-0.39, 0.29) is 0 Å². The van der Waals surface area contributed by atoms with Gasteiger partial charge in [0.25, 0.3) is 17.5 Å². The number of allylic oxidation sites excluding steroid dienone is 1. The number of carbonyl (C=O) groups is 2. The number of aromatic amines is 1. The summed E-state index contributed by atoms with van der Waals surface area (Å²) in [5, 5.41) is 12.2. The molecule has 4 heterocycles. The van der Waals surface area contributed by atoms with Crippen LogP contribution in [0, 0.1) is 11.3 Å². The standard InChI is InChI=1S/C27H22F2N6O2/c1-17(19-3-5-24-32-8-9-34(24)15-19)10-18-2-4-23-22(11-18)21(6-7-31-23)26(37)33-14-25(36)35-16-27(28,29)12-20(35)13-30/h2-11,15,20H,12,14,16H2,1H3,(H,33,37)/p+1/b17-10+/t20-/m0/s1. The summed E-state index contributed by atoms with van der Waals surface area (Å²) in [6.45, 7) is 0.676. The zero-order chi connectivity index (χ0) is 26.2. The second-order valence-electron chi connectivity index (χ2n) is 9.04. The van der Waals surface area contributed by atoms with Crippen molar-refractivity contribution >= 4 is 40.0 Å². The number of rotatable bonds is 5. The van der Waals surface area contributed by atoms with E-state index >= 15 is 0 Å². The number of likely N-dealkylation sites (tertiary alicyclic amines) is 1. The third-order valence-corrected chi connectivity index (χ3v) is 6.43. The van der Waals surface area contributed by atoms with Crippen LogP contribution in [0.25, 0.3) is 28.2 Å². The number of benzene rings is 1. The molecule has 0 bridgehead atoms. The Labute approximate surface area is 210 Å². The number of nitriles is 1. The fourth-order valence-corrected chi connectivity index (χ4v) is 4.53. The van der Waals surface area contributed by atoms with Gasteiger partial charge in [-0.3, -0.25) is 14.6 Å². The smallest absolute Gasteiger partial charge is 0.283 e. The third kappa shape index (κ3) is 4.89. The molecule has 1 atom stereocenters. The molecule has 0 saturated carbocycles. The lowest BCUT2D eigenvalue weighted by molar-refractivity contribution is -0.510. The maximum Gasteiger partial charge on any atom is 0.283 e. The molecule has 1 aliphatic rings. The van der Waals surface area contributed by atoms with Gasteiger partial charge in [0.05, 0.1) is 30.2 Å². The third-order valence-electron chi connectivity index (χ3n) is 6.43. The van der Waals surface area contributed by atoms with E-state index in [1.807, 2.05) is 66.3 Å². The normalized spacial score (nSPS) is 17.2. The molecule has 0 aliphatic carbocycles. The molecule has 0 unspecified atom stereocenters. The van der Waals surface area contributed by atoms with E-state index in [0.717, 1.165) is 27.2 Å². The molecule has 0 radical (unpaired) electrons. The Kier molecular flexibility index (Phi) is 6.13. The number of carbonyl (C=O) groups excluding carboxylic acids is 2. The monoisotopic (exact) mass is 501 g/mol. The van der Waals surface area contributed by atoms with Crippen LogP contribution in [0.15, 0.2) is 61.2 Å². The first-order chi connectivity index (χ1) is 17.7. The Balaban J connectivity index is 1.36. The molecule has 10 heteroatoms. The van der Waals surface area contributed by atoms with Crippen molar-refractivity contribution in [3.63, 3.8) is 0 Å². The summed E-state index contributed by atoms with van der Waals surface area (Å²) in [5.74, 6) is -4.38. The molecule has 5 rings (SSSR count). The number of hydrogen-bond acceptors (Lipinski definition) is 4. The second-order valence-corrected chi connectivity index (χ2v) is 9.04. The number of pyridine rings is 2. The average Bonchev–Trinajstić information content (AvgIpc) is 3.49. The van der Waals surface area contributed by atoms with Crippen molar-refractivity contribution in [3.05, 3.63) is 77.9 Å². The van der Waals surface area contributed by atoms with E-state index in [9.17, 15) is 18.4 Å². The molecule has 1 saturated heterocycles. The van der Waals surface area contributed by atoms with Crippen LogP contribution < -0.4 is 9.72 Å². The maximum atomic E-state index is 13.7. The maximum absolute atomic E-state index is 13.7. The number of halogens is 2. The summed E-state index contributed by atoms with van der Waals surface area (Å²) in [6.07, 6.45) is 8.60. The Morgan fingerprint density at radius 1 is 1.32 bits per heavy atom. The fourth-order valence-electron chi connectivity index (χ4n) is 4.53. The largest absolute Gasteiger partial charge is 0.343 e. The molecule has 3 aromatic heterocycles. The highest BCUT2D eigenvalue weighted by Crippen LogP contribution is 2.31. The Hall–Kier alpha value is -4.65. The van der Waals surface area contributed by atoms with E-state index in [2.05, 4.69) is 15.3 Å².